The molecule has 42 heavy (non-hydrogen) atoms. The number of benzene rings is 2. The molecule has 2 aromatic rings. The molecule has 226 valence electrons. The molecule has 0 radical (unpaired) electrons. The first-order chi connectivity index (χ1) is 20.2. The summed E-state index contributed by atoms with van der Waals surface area (Å²) in [5.41, 5.74) is 15.3. The largest absolute Gasteiger partial charge is 0.450 e. The molecule has 5 N–H and O–H groups in total. The third kappa shape index (κ3) is 7.36. The molecule has 0 unspecified atom stereocenters. The molecule has 0 spiro atoms. The minimum absolute atomic E-state index is 0.121. The van der Waals surface area contributed by atoms with Crippen molar-refractivity contribution in [3.63, 3.8) is 0 Å². The Morgan fingerprint density at radius 3 is 2.60 bits per heavy atom. The number of ether oxygens (including phenoxy) is 1. The standard InChI is InChI=1S/C30H40N6O5S/c1-3-12-35(13-6-11-33-30(38)41-4-2)29(37)25-14-24-10-9-23(16-27(24)34-28(32)17-25)22-7-5-8-26(15-22)42(39,40)36-19-21(18-31)20-36/h5,7-10,14-16,21H,3-4,6,11-13,17-20,31H2,1-2H3,(H2,32,34)(H,33,38). The average Bonchev–Trinajstić information content (AvgIpc) is 3.11. The SMILES string of the molecule is CCCN(CCCNC(=O)OCC)C(=O)C1=Cc2ccc(-c3cccc(S(=O)(=O)N4CC(CN)C4)c3)cc2N=C(N)C1. The highest BCUT2D eigenvalue weighted by Crippen LogP contribution is 2.34. The number of nitrogens with zero attached hydrogens (tertiary/aromatic N) is 3. The van der Waals surface area contributed by atoms with Crippen LogP contribution in [-0.2, 0) is 19.6 Å². The number of amides is 2. The lowest BCUT2D eigenvalue weighted by atomic mass is 10.0. The third-order valence-electron chi connectivity index (χ3n) is 7.26. The Hall–Kier alpha value is -3.74. The number of fused-ring (bicyclic) bond motifs is 1. The van der Waals surface area contributed by atoms with Gasteiger partial charge < -0.3 is 26.4 Å². The molecular weight excluding hydrogens is 556 g/mol. The van der Waals surface area contributed by atoms with E-state index in [1.807, 2.05) is 37.3 Å². The first kappa shape index (κ1) is 31.2. The van der Waals surface area contributed by atoms with Crippen molar-refractivity contribution in [1.29, 1.82) is 0 Å². The lowest BCUT2D eigenvalue weighted by Gasteiger charge is -2.37. The average molecular weight is 597 g/mol. The molecule has 0 saturated carbocycles. The van der Waals surface area contributed by atoms with Crippen molar-refractivity contribution in [1.82, 2.24) is 14.5 Å². The molecule has 12 heteroatoms. The van der Waals surface area contributed by atoms with Crippen LogP contribution in [0.4, 0.5) is 10.5 Å². The Kier molecular flexibility index (Phi) is 10.4. The number of amidine groups is 1. The van der Waals surface area contributed by atoms with E-state index in [-0.39, 0.29) is 23.1 Å². The van der Waals surface area contributed by atoms with Gasteiger partial charge in [0.2, 0.25) is 15.9 Å². The van der Waals surface area contributed by atoms with Crippen LogP contribution in [0.25, 0.3) is 17.2 Å². The number of carbonyl (C=O) groups is 2. The van der Waals surface area contributed by atoms with Gasteiger partial charge in [0.25, 0.3) is 0 Å². The molecule has 0 atom stereocenters. The maximum atomic E-state index is 13.5. The normalized spacial score (nSPS) is 15.5. The Morgan fingerprint density at radius 1 is 1.12 bits per heavy atom. The van der Waals surface area contributed by atoms with Gasteiger partial charge in [-0.2, -0.15) is 4.31 Å². The molecule has 2 heterocycles. The molecule has 1 fully saturated rings. The van der Waals surface area contributed by atoms with E-state index in [4.69, 9.17) is 16.2 Å². The van der Waals surface area contributed by atoms with Crippen LogP contribution in [-0.4, -0.2) is 81.3 Å². The van der Waals surface area contributed by atoms with Crippen LogP contribution in [0.5, 0.6) is 0 Å². The zero-order valence-electron chi connectivity index (χ0n) is 24.2. The highest BCUT2D eigenvalue weighted by Gasteiger charge is 2.36. The van der Waals surface area contributed by atoms with Gasteiger partial charge in [-0.25, -0.2) is 18.2 Å². The van der Waals surface area contributed by atoms with Gasteiger partial charge in [-0.1, -0.05) is 31.2 Å². The van der Waals surface area contributed by atoms with Crippen LogP contribution in [0.15, 0.2) is 57.9 Å². The number of rotatable bonds is 12. The minimum atomic E-state index is -3.60. The number of nitrogens with two attached hydrogens (primary N) is 2. The van der Waals surface area contributed by atoms with Crippen LogP contribution in [0.2, 0.25) is 0 Å². The number of hydrogen-bond donors (Lipinski definition) is 3. The summed E-state index contributed by atoms with van der Waals surface area (Å²) in [6, 6.07) is 12.5. The van der Waals surface area contributed by atoms with Crippen molar-refractivity contribution in [2.24, 2.45) is 22.4 Å². The highest BCUT2D eigenvalue weighted by atomic mass is 32.2. The Balaban J connectivity index is 1.52. The fourth-order valence-corrected chi connectivity index (χ4v) is 6.63. The summed E-state index contributed by atoms with van der Waals surface area (Å²) in [5, 5.41) is 2.68. The second-order valence-electron chi connectivity index (χ2n) is 10.5. The van der Waals surface area contributed by atoms with Gasteiger partial charge in [0.1, 0.15) is 5.84 Å². The smallest absolute Gasteiger partial charge is 0.407 e. The van der Waals surface area contributed by atoms with Gasteiger partial charge in [0, 0.05) is 50.3 Å². The maximum Gasteiger partial charge on any atom is 0.407 e. The van der Waals surface area contributed by atoms with Crippen molar-refractivity contribution in [3.8, 4) is 11.1 Å². The predicted octanol–water partition coefficient (Wildman–Crippen LogP) is 3.08. The van der Waals surface area contributed by atoms with Crippen LogP contribution in [0.1, 0.15) is 38.7 Å². The summed E-state index contributed by atoms with van der Waals surface area (Å²) in [4.78, 5) is 31.7. The molecule has 0 bridgehead atoms. The summed E-state index contributed by atoms with van der Waals surface area (Å²) in [7, 11) is -3.60. The number of nitrogens with one attached hydrogen (secondary N) is 1. The van der Waals surface area contributed by atoms with Gasteiger partial charge in [0.05, 0.1) is 17.2 Å². The van der Waals surface area contributed by atoms with Crippen LogP contribution in [0, 0.1) is 5.92 Å². The molecule has 4 rings (SSSR count). The topological polar surface area (TPSA) is 160 Å². The quantitative estimate of drug-likeness (QED) is 0.317. The van der Waals surface area contributed by atoms with E-state index in [0.29, 0.717) is 69.4 Å². The zero-order valence-corrected chi connectivity index (χ0v) is 25.0. The van der Waals surface area contributed by atoms with Gasteiger partial charge in [-0.3, -0.25) is 4.79 Å². The van der Waals surface area contributed by atoms with Crippen molar-refractivity contribution >= 4 is 39.6 Å². The highest BCUT2D eigenvalue weighted by molar-refractivity contribution is 7.89. The van der Waals surface area contributed by atoms with Crippen molar-refractivity contribution in [3.05, 3.63) is 53.6 Å². The molecule has 2 aromatic carbocycles. The second-order valence-corrected chi connectivity index (χ2v) is 12.4. The lowest BCUT2D eigenvalue weighted by Crippen LogP contribution is -2.52. The van der Waals surface area contributed by atoms with E-state index in [1.54, 1.807) is 30.0 Å². The first-order valence-corrected chi connectivity index (χ1v) is 15.8. The van der Waals surface area contributed by atoms with Gasteiger partial charge in [0.15, 0.2) is 0 Å². The van der Waals surface area contributed by atoms with E-state index in [0.717, 1.165) is 23.1 Å². The van der Waals surface area contributed by atoms with Crippen molar-refractivity contribution in [2.75, 3.05) is 45.9 Å². The van der Waals surface area contributed by atoms with Crippen LogP contribution in [0.3, 0.4) is 0 Å². The number of hydrogen-bond acceptors (Lipinski definition) is 8. The van der Waals surface area contributed by atoms with Crippen LogP contribution < -0.4 is 16.8 Å². The molecule has 2 aliphatic heterocycles. The molecule has 0 aliphatic carbocycles. The van der Waals surface area contributed by atoms with Gasteiger partial charge in [-0.05, 0) is 67.6 Å². The van der Waals surface area contributed by atoms with E-state index in [2.05, 4.69) is 10.3 Å². The summed E-state index contributed by atoms with van der Waals surface area (Å²) in [6.07, 6.45) is 2.93. The second kappa shape index (κ2) is 14.0. The number of carbonyl (C=O) groups excluding carboxylic acids is 2. The van der Waals surface area contributed by atoms with E-state index in [1.165, 1.54) is 4.31 Å². The molecule has 2 amide bonds. The molecule has 2 aliphatic rings. The summed E-state index contributed by atoms with van der Waals surface area (Å²) >= 11 is 0. The van der Waals surface area contributed by atoms with E-state index in [9.17, 15) is 18.0 Å². The summed E-state index contributed by atoms with van der Waals surface area (Å²) in [5.74, 6) is 0.390. The molecule has 0 aromatic heterocycles. The van der Waals surface area contributed by atoms with Gasteiger partial charge >= 0.3 is 6.09 Å². The maximum absolute atomic E-state index is 13.5. The minimum Gasteiger partial charge on any atom is -0.450 e. The van der Waals surface area contributed by atoms with Crippen molar-refractivity contribution in [2.45, 2.75) is 38.0 Å². The monoisotopic (exact) mass is 596 g/mol. The third-order valence-corrected chi connectivity index (χ3v) is 9.09. The molecular formula is C30H40N6O5S. The predicted molar refractivity (Wildman–Crippen MR) is 164 cm³/mol. The van der Waals surface area contributed by atoms with Gasteiger partial charge in [-0.15, -0.1) is 0 Å². The lowest BCUT2D eigenvalue weighted by molar-refractivity contribution is -0.127. The number of sulfonamides is 1. The zero-order chi connectivity index (χ0) is 30.3. The van der Waals surface area contributed by atoms with Crippen LogP contribution >= 0.6 is 0 Å². The summed E-state index contributed by atoms with van der Waals surface area (Å²) in [6.45, 7) is 6.83. The van der Waals surface area contributed by atoms with Crippen molar-refractivity contribution < 1.29 is 22.7 Å². The molecule has 11 nitrogen and oxygen atoms in total. The fourth-order valence-electron chi connectivity index (χ4n) is 4.99. The Labute approximate surface area is 247 Å². The van der Waals surface area contributed by atoms with E-state index >= 15 is 0 Å². The summed E-state index contributed by atoms with van der Waals surface area (Å²) < 4.78 is 32.5. The fraction of sp³-hybridized carbons (Fsp3) is 0.433. The molecule has 1 saturated heterocycles. The number of alkyl carbamates (subject to hydrolysis) is 1. The Bertz CT molecular complexity index is 1470. The first-order valence-electron chi connectivity index (χ1n) is 14.3. The number of aliphatic imine (C=N–C) groups is 1. The Morgan fingerprint density at radius 2 is 1.88 bits per heavy atom. The van der Waals surface area contributed by atoms with E-state index < -0.39 is 16.1 Å².